The smallest absolute Gasteiger partial charge is 0.324 e. The Labute approximate surface area is 378 Å². The molecule has 6 aromatic carbocycles. The summed E-state index contributed by atoms with van der Waals surface area (Å²) in [6.07, 6.45) is -0.836. The number of amides is 2. The number of fused-ring (bicyclic) bond motifs is 5. The monoisotopic (exact) mass is 874 g/mol. The van der Waals surface area contributed by atoms with Crippen molar-refractivity contribution in [1.82, 2.24) is 35.2 Å². The van der Waals surface area contributed by atoms with Crippen molar-refractivity contribution in [2.45, 2.75) is 42.7 Å². The molecule has 6 atom stereocenters. The summed E-state index contributed by atoms with van der Waals surface area (Å²) in [6.45, 7) is 0.0515. The highest BCUT2D eigenvalue weighted by atomic mass is 16.6. The maximum absolute atomic E-state index is 15.6. The number of morpholine rings is 1. The van der Waals surface area contributed by atoms with Crippen LogP contribution in [0.25, 0.3) is 22.1 Å². The van der Waals surface area contributed by atoms with Crippen LogP contribution in [-0.4, -0.2) is 72.0 Å². The maximum atomic E-state index is 15.6. The number of cyclic esters (lactones) is 1. The number of hydrogen-bond donors (Lipinski definition) is 4. The molecule has 1 spiro atoms. The van der Waals surface area contributed by atoms with Gasteiger partial charge in [0.25, 0.3) is 0 Å². The van der Waals surface area contributed by atoms with Crippen LogP contribution in [0.1, 0.15) is 51.8 Å². The summed E-state index contributed by atoms with van der Waals surface area (Å²) in [5, 5.41) is 24.6. The molecule has 326 valence electrons. The summed E-state index contributed by atoms with van der Waals surface area (Å²) < 4.78 is 14.3. The summed E-state index contributed by atoms with van der Waals surface area (Å²) in [5.74, 6) is 4.47. The predicted molar refractivity (Wildman–Crippen MR) is 244 cm³/mol. The molecular weight excluding hydrogens is 833 g/mol. The molecule has 4 N–H and O–H groups in total. The van der Waals surface area contributed by atoms with Gasteiger partial charge in [0.1, 0.15) is 47.8 Å². The minimum atomic E-state index is -1.76. The number of nitrogens with one attached hydrogen (secondary N) is 3. The van der Waals surface area contributed by atoms with Crippen LogP contribution in [0.2, 0.25) is 0 Å². The molecule has 0 radical (unpaired) electrons. The first-order valence-corrected chi connectivity index (χ1v) is 21.8. The van der Waals surface area contributed by atoms with Gasteiger partial charge in [0, 0.05) is 11.3 Å². The molecule has 0 aliphatic carbocycles. The molecule has 2 saturated heterocycles. The van der Waals surface area contributed by atoms with Crippen molar-refractivity contribution in [2.24, 2.45) is 5.92 Å². The van der Waals surface area contributed by atoms with Crippen LogP contribution in [0, 0.1) is 17.8 Å². The number of esters is 1. The molecule has 3 aliphatic rings. The van der Waals surface area contributed by atoms with Gasteiger partial charge in [-0.05, 0) is 76.9 Å². The molecule has 2 aromatic heterocycles. The van der Waals surface area contributed by atoms with Crippen LogP contribution in [0.5, 0.6) is 5.75 Å². The number of aliphatic hydroxyl groups is 1. The van der Waals surface area contributed by atoms with Crippen molar-refractivity contribution in [3.05, 3.63) is 185 Å². The molecule has 2 amide bonds. The molecule has 0 bridgehead atoms. The van der Waals surface area contributed by atoms with Crippen molar-refractivity contribution >= 4 is 45.5 Å². The minimum absolute atomic E-state index is 0.0112. The standard InChI is InChI=1S/C52H42N8O6/c61-27-28-65-36-19-11-18-35(30-36)48-52(37-29-32(24-25-38(37)56-51(52)64)13-12-26-59-42-23-10-9-22-41(42)57-58-59)44(49(62)53-31-43-54-39-20-7-8-21-40(39)55-43)46-50(63)66-47(34-16-5-2-6-17-34)45(60(46)48)33-14-3-1-4-15-33/h1-11,14-25,29-30,44-48,61H,26-28,31H2,(H,53,62)(H,54,55)(H,56,64)/t44-,45-,46-,47+,48+,52-/m0/s1. The molecule has 8 aromatic rings. The first kappa shape index (κ1) is 40.6. The lowest BCUT2D eigenvalue weighted by molar-refractivity contribution is -0.178. The average Bonchev–Trinajstić information content (AvgIpc) is 4.12. The third-order valence-corrected chi connectivity index (χ3v) is 12.9. The number of ether oxygens (including phenoxy) is 2. The Morgan fingerprint density at radius 3 is 2.36 bits per heavy atom. The average molecular weight is 875 g/mol. The maximum Gasteiger partial charge on any atom is 0.324 e. The number of carbonyl (C=O) groups excluding carboxylic acids is 3. The van der Waals surface area contributed by atoms with Gasteiger partial charge in [-0.2, -0.15) is 0 Å². The molecule has 3 aliphatic heterocycles. The van der Waals surface area contributed by atoms with Gasteiger partial charge in [-0.15, -0.1) is 5.10 Å². The van der Waals surface area contributed by atoms with E-state index in [1.165, 1.54) is 0 Å². The molecule has 11 rings (SSSR count). The highest BCUT2D eigenvalue weighted by molar-refractivity contribution is 6.12. The van der Waals surface area contributed by atoms with Gasteiger partial charge >= 0.3 is 5.97 Å². The lowest BCUT2D eigenvalue weighted by atomic mass is 9.65. The normalized spacial score (nSPS) is 22.0. The van der Waals surface area contributed by atoms with E-state index in [0.29, 0.717) is 34.0 Å². The number of aliphatic hydroxyl groups excluding tert-OH is 1. The number of nitrogens with zero attached hydrogens (tertiary/aromatic N) is 5. The van der Waals surface area contributed by atoms with Gasteiger partial charge < -0.3 is 30.2 Å². The highest BCUT2D eigenvalue weighted by Gasteiger charge is 2.74. The number of aromatic nitrogens is 5. The number of imidazole rings is 1. The fourth-order valence-electron chi connectivity index (χ4n) is 10.2. The molecule has 5 heterocycles. The molecule has 0 saturated carbocycles. The van der Waals surface area contributed by atoms with Crippen LogP contribution in [-0.2, 0) is 37.6 Å². The third-order valence-electron chi connectivity index (χ3n) is 12.9. The van der Waals surface area contributed by atoms with E-state index in [9.17, 15) is 5.11 Å². The van der Waals surface area contributed by atoms with Gasteiger partial charge in [0.05, 0.1) is 47.7 Å². The molecule has 0 unspecified atom stereocenters. The van der Waals surface area contributed by atoms with Crippen LogP contribution in [0.3, 0.4) is 0 Å². The number of H-pyrrole nitrogens is 1. The van der Waals surface area contributed by atoms with Gasteiger partial charge in [-0.25, -0.2) is 9.67 Å². The Hall–Kier alpha value is -8.12. The van der Waals surface area contributed by atoms with Gasteiger partial charge in [-0.3, -0.25) is 19.3 Å². The lowest BCUT2D eigenvalue weighted by Gasteiger charge is -2.46. The van der Waals surface area contributed by atoms with Gasteiger partial charge in [0.2, 0.25) is 11.8 Å². The molecule has 66 heavy (non-hydrogen) atoms. The number of anilines is 1. The van der Waals surface area contributed by atoms with Crippen LogP contribution < -0.4 is 15.4 Å². The quantitative estimate of drug-likeness (QED) is 0.0899. The largest absolute Gasteiger partial charge is 0.491 e. The second-order valence-electron chi connectivity index (χ2n) is 16.6. The Kier molecular flexibility index (Phi) is 10.3. The van der Waals surface area contributed by atoms with Crippen LogP contribution in [0.15, 0.2) is 152 Å². The summed E-state index contributed by atoms with van der Waals surface area (Å²) in [7, 11) is 0. The first-order chi connectivity index (χ1) is 32.4. The van der Waals surface area contributed by atoms with E-state index < -0.39 is 53.3 Å². The predicted octanol–water partition coefficient (Wildman–Crippen LogP) is 6.32. The van der Waals surface area contributed by atoms with E-state index in [2.05, 4.69) is 37.8 Å². The number of benzene rings is 6. The van der Waals surface area contributed by atoms with E-state index in [4.69, 9.17) is 14.5 Å². The van der Waals surface area contributed by atoms with Crippen molar-refractivity contribution in [1.29, 1.82) is 0 Å². The Morgan fingerprint density at radius 2 is 1.56 bits per heavy atom. The second-order valence-corrected chi connectivity index (χ2v) is 16.6. The van der Waals surface area contributed by atoms with Crippen LogP contribution in [0.4, 0.5) is 5.69 Å². The third kappa shape index (κ3) is 6.84. The van der Waals surface area contributed by atoms with Crippen molar-refractivity contribution in [3.63, 3.8) is 0 Å². The topological polar surface area (TPSA) is 177 Å². The van der Waals surface area contributed by atoms with E-state index in [1.54, 1.807) is 16.8 Å². The van der Waals surface area contributed by atoms with Crippen LogP contribution >= 0.6 is 0 Å². The number of carbonyl (C=O) groups is 3. The van der Waals surface area contributed by atoms with Gasteiger partial charge in [0.15, 0.2) is 0 Å². The zero-order chi connectivity index (χ0) is 44.8. The summed E-state index contributed by atoms with van der Waals surface area (Å²) in [4.78, 5) is 56.4. The van der Waals surface area contributed by atoms with E-state index in [1.807, 2.05) is 144 Å². The Morgan fingerprint density at radius 1 is 0.818 bits per heavy atom. The van der Waals surface area contributed by atoms with Crippen molar-refractivity contribution < 1.29 is 29.0 Å². The SMILES string of the molecule is O=C1O[C@H](c2ccccc2)[C@H](c2ccccc2)N2[C@H]1[C@@H](C(=O)NCc1nc3ccccc3[nH]1)[C@]1(C(=O)Nc3ccc(C#CCn4nnc5ccccc54)cc31)[C@H]2c1cccc(OCCO)c1. The summed E-state index contributed by atoms with van der Waals surface area (Å²) in [5.41, 5.74) is 5.14. The minimum Gasteiger partial charge on any atom is -0.491 e. The molecule has 14 nitrogen and oxygen atoms in total. The molecule has 2 fully saturated rings. The summed E-state index contributed by atoms with van der Waals surface area (Å²) in [6, 6.07) is 44.3. The fourth-order valence-corrected chi connectivity index (χ4v) is 10.2. The Balaban J connectivity index is 1.12. The molecule has 14 heteroatoms. The lowest BCUT2D eigenvalue weighted by Crippen LogP contribution is -2.54. The van der Waals surface area contributed by atoms with E-state index in [-0.39, 0.29) is 26.3 Å². The molecular formula is C52H42N8O6. The van der Waals surface area contributed by atoms with Gasteiger partial charge in [-0.1, -0.05) is 114 Å². The number of rotatable bonds is 10. The zero-order valence-corrected chi connectivity index (χ0v) is 35.4. The number of para-hydroxylation sites is 3. The summed E-state index contributed by atoms with van der Waals surface area (Å²) >= 11 is 0. The first-order valence-electron chi connectivity index (χ1n) is 21.8. The second kappa shape index (κ2) is 16.8. The van der Waals surface area contributed by atoms with Crippen molar-refractivity contribution in [2.75, 3.05) is 18.5 Å². The van der Waals surface area contributed by atoms with Crippen molar-refractivity contribution in [3.8, 4) is 17.6 Å². The highest BCUT2D eigenvalue weighted by Crippen LogP contribution is 2.65. The number of aromatic amines is 1. The number of hydrogen-bond acceptors (Lipinski definition) is 10. The van der Waals surface area contributed by atoms with E-state index in [0.717, 1.165) is 33.2 Å². The van der Waals surface area contributed by atoms with E-state index >= 15 is 14.4 Å². The fraction of sp³-hybridized carbons (Fsp3) is 0.192. The zero-order valence-electron chi connectivity index (χ0n) is 35.4. The Bertz CT molecular complexity index is 3180.